The molecule has 0 spiro atoms. The Bertz CT molecular complexity index is 367. The summed E-state index contributed by atoms with van der Waals surface area (Å²) in [5.74, 6) is 2.24. The first kappa shape index (κ1) is 19.8. The fourth-order valence-corrected chi connectivity index (χ4v) is 7.62. The quantitative estimate of drug-likeness (QED) is 0.292. The van der Waals surface area contributed by atoms with E-state index < -0.39 is 0 Å². The fraction of sp³-hybridized carbons (Fsp3) is 1.00. The third-order valence-corrected chi connectivity index (χ3v) is 8.17. The molecule has 25 heavy (non-hydrogen) atoms. The second kappa shape index (κ2) is 9.27. The van der Waals surface area contributed by atoms with Crippen LogP contribution >= 0.6 is 0 Å². The molecule has 4 aliphatic rings. The summed E-state index contributed by atoms with van der Waals surface area (Å²) in [5, 5.41) is 0. The lowest BCUT2D eigenvalue weighted by Gasteiger charge is -2.63. The van der Waals surface area contributed by atoms with E-state index in [0.717, 1.165) is 22.7 Å². The van der Waals surface area contributed by atoms with Crippen molar-refractivity contribution < 1.29 is 0 Å². The molecule has 0 nitrogen and oxygen atoms in total. The first-order chi connectivity index (χ1) is 12.2. The molecule has 146 valence electrons. The molecule has 4 bridgehead atoms. The first-order valence-electron chi connectivity index (χ1n) is 12.2. The number of rotatable bonds is 13. The molecule has 0 aromatic rings. The Morgan fingerprint density at radius 2 is 0.960 bits per heavy atom. The summed E-state index contributed by atoms with van der Waals surface area (Å²) in [4.78, 5) is 0. The molecule has 0 saturated heterocycles. The monoisotopic (exact) mass is 346 g/mol. The Morgan fingerprint density at radius 3 is 1.40 bits per heavy atom. The van der Waals surface area contributed by atoms with Crippen LogP contribution in [0.15, 0.2) is 0 Å². The Balaban J connectivity index is 1.46. The second-order valence-electron chi connectivity index (χ2n) is 10.6. The predicted octanol–water partition coefficient (Wildman–Crippen LogP) is 8.68. The molecule has 0 heteroatoms. The van der Waals surface area contributed by atoms with Gasteiger partial charge in [-0.1, -0.05) is 84.5 Å². The number of hydrogen-bond acceptors (Lipinski definition) is 0. The molecule has 0 aliphatic heterocycles. The minimum absolute atomic E-state index is 0.804. The van der Waals surface area contributed by atoms with Gasteiger partial charge in [-0.05, 0) is 74.0 Å². The smallest absolute Gasteiger partial charge is 0.0287 e. The highest BCUT2D eigenvalue weighted by Crippen LogP contribution is 2.68. The van der Waals surface area contributed by atoms with Crippen molar-refractivity contribution in [1.82, 2.24) is 0 Å². The van der Waals surface area contributed by atoms with Gasteiger partial charge in [-0.3, -0.25) is 0 Å². The highest BCUT2D eigenvalue weighted by atomic mass is 14.6. The van der Waals surface area contributed by atoms with Gasteiger partial charge in [-0.25, -0.2) is 0 Å². The Kier molecular flexibility index (Phi) is 7.33. The van der Waals surface area contributed by atoms with Crippen LogP contribution in [0.25, 0.3) is 0 Å². The molecule has 4 saturated carbocycles. The summed E-state index contributed by atoms with van der Waals surface area (Å²) in [5.41, 5.74) is 1.61. The van der Waals surface area contributed by atoms with Crippen molar-refractivity contribution in [3.8, 4) is 0 Å². The van der Waals surface area contributed by atoms with Gasteiger partial charge in [-0.15, -0.1) is 0 Å². The predicted molar refractivity (Wildman–Crippen MR) is 111 cm³/mol. The first-order valence-corrected chi connectivity index (χ1v) is 12.2. The Labute approximate surface area is 158 Å². The van der Waals surface area contributed by atoms with Gasteiger partial charge < -0.3 is 0 Å². The lowest BCUT2D eigenvalue weighted by molar-refractivity contribution is -0.118. The molecule has 0 amide bonds. The summed E-state index contributed by atoms with van der Waals surface area (Å²) in [7, 11) is 0. The third-order valence-electron chi connectivity index (χ3n) is 8.17. The normalized spacial score (nSPS) is 36.2. The molecule has 0 N–H and O–H groups in total. The average Bonchev–Trinajstić information content (AvgIpc) is 2.56. The molecule has 4 rings (SSSR count). The summed E-state index contributed by atoms with van der Waals surface area (Å²) in [6.07, 6.45) is 29.1. The van der Waals surface area contributed by atoms with Crippen LogP contribution in [-0.2, 0) is 0 Å². The van der Waals surface area contributed by atoms with E-state index in [-0.39, 0.29) is 0 Å². The number of unbranched alkanes of at least 4 members (excludes halogenated alkanes) is 9. The highest BCUT2D eigenvalue weighted by molar-refractivity contribution is 5.07. The molecule has 0 aromatic carbocycles. The van der Waals surface area contributed by atoms with Crippen LogP contribution in [-0.4, -0.2) is 0 Å². The molecule has 0 aromatic heterocycles. The molecule has 4 fully saturated rings. The maximum atomic E-state index is 2.34. The van der Waals surface area contributed by atoms with Crippen LogP contribution in [0.5, 0.6) is 0 Å². The minimum Gasteiger partial charge on any atom is -0.0654 e. The van der Waals surface area contributed by atoms with Gasteiger partial charge in [-0.2, -0.15) is 0 Å². The molecule has 0 unspecified atom stereocenters. The Morgan fingerprint density at radius 1 is 0.560 bits per heavy atom. The fourth-order valence-electron chi connectivity index (χ4n) is 7.62. The van der Waals surface area contributed by atoms with Gasteiger partial charge in [0.05, 0.1) is 0 Å². The summed E-state index contributed by atoms with van der Waals surface area (Å²) in [6, 6.07) is 0. The molecular weight excluding hydrogens is 300 g/mol. The van der Waals surface area contributed by atoms with Crippen LogP contribution in [0.3, 0.4) is 0 Å². The van der Waals surface area contributed by atoms with E-state index in [1.165, 1.54) is 70.6 Å². The van der Waals surface area contributed by atoms with Gasteiger partial charge >= 0.3 is 0 Å². The van der Waals surface area contributed by atoms with Gasteiger partial charge in [0, 0.05) is 0 Å². The van der Waals surface area contributed by atoms with Gasteiger partial charge in [0.2, 0.25) is 0 Å². The van der Waals surface area contributed by atoms with Crippen molar-refractivity contribution >= 4 is 0 Å². The van der Waals surface area contributed by atoms with Gasteiger partial charge in [0.1, 0.15) is 0 Å². The van der Waals surface area contributed by atoms with Crippen LogP contribution in [0.1, 0.15) is 136 Å². The zero-order valence-electron chi connectivity index (χ0n) is 17.6. The van der Waals surface area contributed by atoms with Crippen molar-refractivity contribution in [3.05, 3.63) is 0 Å². The Hall–Kier alpha value is 0. The zero-order valence-corrected chi connectivity index (χ0v) is 17.6. The van der Waals surface area contributed by atoms with Crippen LogP contribution in [0.4, 0.5) is 0 Å². The maximum Gasteiger partial charge on any atom is -0.0287 e. The lowest BCUT2D eigenvalue weighted by atomic mass is 9.42. The molecule has 4 aliphatic carbocycles. The van der Waals surface area contributed by atoms with Crippen molar-refractivity contribution in [1.29, 1.82) is 0 Å². The highest BCUT2D eigenvalue weighted by Gasteiger charge is 2.56. The molecule has 0 radical (unpaired) electrons. The van der Waals surface area contributed by atoms with E-state index in [2.05, 4.69) is 13.8 Å². The van der Waals surface area contributed by atoms with E-state index >= 15 is 0 Å². The molecule has 0 heterocycles. The summed E-state index contributed by atoms with van der Waals surface area (Å²) >= 11 is 0. The lowest BCUT2D eigenvalue weighted by Crippen LogP contribution is -2.51. The van der Waals surface area contributed by atoms with Crippen molar-refractivity contribution in [2.75, 3.05) is 0 Å². The summed E-state index contributed by atoms with van der Waals surface area (Å²) < 4.78 is 0. The zero-order chi connectivity index (χ0) is 17.6. The average molecular weight is 347 g/mol. The van der Waals surface area contributed by atoms with E-state index in [4.69, 9.17) is 0 Å². The molecule has 4 atom stereocenters. The van der Waals surface area contributed by atoms with E-state index in [1.54, 1.807) is 51.4 Å². The van der Waals surface area contributed by atoms with E-state index in [1.807, 2.05) is 0 Å². The molecular formula is C25H46. The van der Waals surface area contributed by atoms with Crippen LogP contribution in [0, 0.1) is 22.7 Å². The van der Waals surface area contributed by atoms with Gasteiger partial charge in [0.25, 0.3) is 0 Å². The minimum atomic E-state index is 0.804. The second-order valence-corrected chi connectivity index (χ2v) is 10.6. The van der Waals surface area contributed by atoms with Crippen molar-refractivity contribution in [2.45, 2.75) is 136 Å². The van der Waals surface area contributed by atoms with Crippen LogP contribution < -0.4 is 0 Å². The van der Waals surface area contributed by atoms with Crippen molar-refractivity contribution in [2.24, 2.45) is 22.7 Å². The van der Waals surface area contributed by atoms with E-state index in [0.29, 0.717) is 0 Å². The standard InChI is InChI=1S/C25H46/c1-3-5-7-9-11-13-15-25-19-22-16-23(20-25)18-24(17-22,21-25)14-12-10-8-6-4-2/h22-23H,3-21H2,1-2H3/t22-,23+,24+,25+. The SMILES string of the molecule is CCCCCCCC[C@@]12C[C@@H]3C[C@@H](C[C@](CCCCCCC)(C3)C1)C2. The topological polar surface area (TPSA) is 0 Å². The largest absolute Gasteiger partial charge is 0.0654 e. The van der Waals surface area contributed by atoms with E-state index in [9.17, 15) is 0 Å². The van der Waals surface area contributed by atoms with Crippen LogP contribution in [0.2, 0.25) is 0 Å². The maximum absolute atomic E-state index is 2.34. The van der Waals surface area contributed by atoms with Gasteiger partial charge in [0.15, 0.2) is 0 Å². The third kappa shape index (κ3) is 5.26. The number of hydrogen-bond donors (Lipinski definition) is 0. The van der Waals surface area contributed by atoms with Crippen molar-refractivity contribution in [3.63, 3.8) is 0 Å². The summed E-state index contributed by atoms with van der Waals surface area (Å²) in [6.45, 7) is 4.67.